The molecule has 2 aliphatic heterocycles. The number of amides is 1. The van der Waals surface area contributed by atoms with Crippen molar-refractivity contribution < 1.29 is 4.79 Å². The highest BCUT2D eigenvalue weighted by molar-refractivity contribution is 8.18. The van der Waals surface area contributed by atoms with Gasteiger partial charge in [0.1, 0.15) is 0 Å². The molecule has 1 fully saturated rings. The van der Waals surface area contributed by atoms with E-state index in [2.05, 4.69) is 65.9 Å². The Bertz CT molecular complexity index is 1000. The molecule has 2 aliphatic rings. The minimum Gasteiger partial charge on any atom is -0.368 e. The molecule has 4 rings (SSSR count). The van der Waals surface area contributed by atoms with Crippen LogP contribution in [-0.2, 0) is 10.2 Å². The molecule has 0 spiro atoms. The number of rotatable bonds is 2. The lowest BCUT2D eigenvalue weighted by atomic mass is 9.87. The summed E-state index contributed by atoms with van der Waals surface area (Å²) in [6, 6.07) is 16.4. The van der Waals surface area contributed by atoms with Crippen LogP contribution in [-0.4, -0.2) is 42.2 Å². The quantitative estimate of drug-likeness (QED) is 0.584. The molecule has 0 atom stereocenters. The molecular weight excluding hydrogens is 414 g/mol. The molecule has 2 heterocycles. The van der Waals surface area contributed by atoms with Gasteiger partial charge < -0.3 is 9.80 Å². The summed E-state index contributed by atoms with van der Waals surface area (Å²) < 4.78 is 0. The highest BCUT2D eigenvalue weighted by Gasteiger charge is 2.28. The topological polar surface area (TPSA) is 35.9 Å². The number of piperazine rings is 1. The van der Waals surface area contributed by atoms with Gasteiger partial charge in [-0.2, -0.15) is 4.99 Å². The van der Waals surface area contributed by atoms with E-state index in [9.17, 15) is 4.79 Å². The third-order valence-corrected chi connectivity index (χ3v) is 6.69. The molecular formula is C24H26ClN3OS. The summed E-state index contributed by atoms with van der Waals surface area (Å²) in [6.07, 6.45) is 1.94. The van der Waals surface area contributed by atoms with Gasteiger partial charge in [0.05, 0.1) is 4.91 Å². The van der Waals surface area contributed by atoms with Crippen molar-refractivity contribution in [3.8, 4) is 0 Å². The van der Waals surface area contributed by atoms with Crippen molar-refractivity contribution in [2.75, 3.05) is 31.1 Å². The lowest BCUT2D eigenvalue weighted by molar-refractivity contribution is -0.113. The SMILES string of the molecule is CC(C)(C)c1ccc(C=C2SC(N3CCN(c4cccc(Cl)c4)CC3)=NC2=O)cc1. The molecule has 2 aromatic rings. The van der Waals surface area contributed by atoms with E-state index in [1.54, 1.807) is 0 Å². The van der Waals surface area contributed by atoms with Crippen LogP contribution in [0.5, 0.6) is 0 Å². The van der Waals surface area contributed by atoms with Crippen molar-refractivity contribution in [3.63, 3.8) is 0 Å². The average Bonchev–Trinajstić information content (AvgIpc) is 3.08. The second-order valence-electron chi connectivity index (χ2n) is 8.64. The van der Waals surface area contributed by atoms with Crippen LogP contribution in [0.2, 0.25) is 5.02 Å². The van der Waals surface area contributed by atoms with E-state index in [1.165, 1.54) is 17.3 Å². The molecule has 4 nitrogen and oxygen atoms in total. The van der Waals surface area contributed by atoms with E-state index in [0.29, 0.717) is 4.91 Å². The summed E-state index contributed by atoms with van der Waals surface area (Å²) in [5, 5.41) is 1.56. The normalized spacial score (nSPS) is 18.9. The second-order valence-corrected chi connectivity index (χ2v) is 10.1. The minimum absolute atomic E-state index is 0.118. The third-order valence-electron chi connectivity index (χ3n) is 5.41. The number of aliphatic imine (C=N–C) groups is 1. The summed E-state index contributed by atoms with van der Waals surface area (Å²) in [7, 11) is 0. The Labute approximate surface area is 187 Å². The van der Waals surface area contributed by atoms with Gasteiger partial charge in [0, 0.05) is 36.9 Å². The largest absolute Gasteiger partial charge is 0.368 e. The van der Waals surface area contributed by atoms with Crippen LogP contribution in [0.25, 0.3) is 6.08 Å². The van der Waals surface area contributed by atoms with Crippen molar-refractivity contribution >= 4 is 46.2 Å². The van der Waals surface area contributed by atoms with Crippen LogP contribution < -0.4 is 4.90 Å². The first-order valence-electron chi connectivity index (χ1n) is 10.2. The van der Waals surface area contributed by atoms with Crippen molar-refractivity contribution in [3.05, 3.63) is 69.6 Å². The summed E-state index contributed by atoms with van der Waals surface area (Å²) in [6.45, 7) is 10.0. The van der Waals surface area contributed by atoms with Gasteiger partial charge in [0.2, 0.25) is 0 Å². The average molecular weight is 440 g/mol. The van der Waals surface area contributed by atoms with Gasteiger partial charge in [-0.05, 0) is 52.6 Å². The number of thioether (sulfide) groups is 1. The molecule has 0 aromatic heterocycles. The standard InChI is InChI=1S/C24H26ClN3OS/c1-24(2,3)18-9-7-17(8-10-18)15-21-22(29)26-23(30-21)28-13-11-27(12-14-28)20-6-4-5-19(25)16-20/h4-10,15-16H,11-14H2,1-3H3. The predicted molar refractivity (Wildman–Crippen MR) is 128 cm³/mol. The van der Waals surface area contributed by atoms with Gasteiger partial charge in [0.25, 0.3) is 5.91 Å². The molecule has 2 aromatic carbocycles. The number of halogens is 1. The van der Waals surface area contributed by atoms with Crippen LogP contribution in [0.1, 0.15) is 31.9 Å². The fourth-order valence-electron chi connectivity index (χ4n) is 3.59. The van der Waals surface area contributed by atoms with Crippen molar-refractivity contribution in [1.82, 2.24) is 4.90 Å². The lowest BCUT2D eigenvalue weighted by Gasteiger charge is -2.36. The van der Waals surface area contributed by atoms with Crippen LogP contribution in [0, 0.1) is 0 Å². The molecule has 6 heteroatoms. The maximum atomic E-state index is 12.5. The molecule has 0 N–H and O–H groups in total. The Hall–Kier alpha value is -2.24. The maximum absolute atomic E-state index is 12.5. The van der Waals surface area contributed by atoms with Gasteiger partial charge in [-0.15, -0.1) is 0 Å². The van der Waals surface area contributed by atoms with Crippen molar-refractivity contribution in [2.24, 2.45) is 4.99 Å². The third kappa shape index (κ3) is 4.73. The van der Waals surface area contributed by atoms with E-state index in [0.717, 1.165) is 47.6 Å². The monoisotopic (exact) mass is 439 g/mol. The number of carbonyl (C=O) groups excluding carboxylic acids is 1. The van der Waals surface area contributed by atoms with Crippen LogP contribution in [0.15, 0.2) is 58.4 Å². The van der Waals surface area contributed by atoms with Gasteiger partial charge in [-0.1, -0.05) is 62.7 Å². The van der Waals surface area contributed by atoms with Gasteiger partial charge in [0.15, 0.2) is 5.17 Å². The molecule has 0 aliphatic carbocycles. The molecule has 0 unspecified atom stereocenters. The molecule has 1 amide bonds. The number of hydrogen-bond acceptors (Lipinski definition) is 4. The van der Waals surface area contributed by atoms with E-state index < -0.39 is 0 Å². The van der Waals surface area contributed by atoms with Gasteiger partial charge >= 0.3 is 0 Å². The number of anilines is 1. The summed E-state index contributed by atoms with van der Waals surface area (Å²) >= 11 is 7.60. The van der Waals surface area contributed by atoms with Crippen LogP contribution >= 0.6 is 23.4 Å². The zero-order valence-corrected chi connectivity index (χ0v) is 19.1. The molecule has 0 saturated carbocycles. The Balaban J connectivity index is 1.39. The van der Waals surface area contributed by atoms with Crippen LogP contribution in [0.3, 0.4) is 0 Å². The molecule has 0 bridgehead atoms. The zero-order valence-electron chi connectivity index (χ0n) is 17.6. The van der Waals surface area contributed by atoms with E-state index >= 15 is 0 Å². The number of carbonyl (C=O) groups is 1. The van der Waals surface area contributed by atoms with Gasteiger partial charge in [-0.25, -0.2) is 0 Å². The first kappa shape index (κ1) is 21.0. The Morgan fingerprint density at radius 2 is 1.67 bits per heavy atom. The first-order chi connectivity index (χ1) is 14.3. The predicted octanol–water partition coefficient (Wildman–Crippen LogP) is 5.43. The maximum Gasteiger partial charge on any atom is 0.286 e. The van der Waals surface area contributed by atoms with Gasteiger partial charge in [-0.3, -0.25) is 4.79 Å². The number of hydrogen-bond donors (Lipinski definition) is 0. The van der Waals surface area contributed by atoms with Crippen molar-refractivity contribution in [1.29, 1.82) is 0 Å². The number of benzene rings is 2. The fraction of sp³-hybridized carbons (Fsp3) is 0.333. The zero-order chi connectivity index (χ0) is 21.3. The number of nitrogens with zero attached hydrogens (tertiary/aromatic N) is 3. The van der Waals surface area contributed by atoms with Crippen LogP contribution in [0.4, 0.5) is 5.69 Å². The first-order valence-corrected chi connectivity index (χ1v) is 11.4. The summed E-state index contributed by atoms with van der Waals surface area (Å²) in [4.78, 5) is 22.0. The summed E-state index contributed by atoms with van der Waals surface area (Å²) in [5.74, 6) is -0.146. The second kappa shape index (κ2) is 8.48. The smallest absolute Gasteiger partial charge is 0.286 e. The van der Waals surface area contributed by atoms with E-state index in [1.807, 2.05) is 24.3 Å². The molecule has 0 radical (unpaired) electrons. The molecule has 156 valence electrons. The van der Waals surface area contributed by atoms with Crippen molar-refractivity contribution in [2.45, 2.75) is 26.2 Å². The minimum atomic E-state index is -0.146. The Kier molecular flexibility index (Phi) is 5.94. The Morgan fingerprint density at radius 3 is 2.30 bits per heavy atom. The summed E-state index contributed by atoms with van der Waals surface area (Å²) in [5.41, 5.74) is 3.57. The lowest BCUT2D eigenvalue weighted by Crippen LogP contribution is -2.47. The highest BCUT2D eigenvalue weighted by Crippen LogP contribution is 2.32. The number of amidine groups is 1. The van der Waals surface area contributed by atoms with E-state index in [-0.39, 0.29) is 11.3 Å². The highest BCUT2D eigenvalue weighted by atomic mass is 35.5. The van der Waals surface area contributed by atoms with E-state index in [4.69, 9.17) is 11.6 Å². The molecule has 30 heavy (non-hydrogen) atoms. The fourth-order valence-corrected chi connectivity index (χ4v) is 4.74. The Morgan fingerprint density at radius 1 is 1.00 bits per heavy atom. The molecule has 1 saturated heterocycles.